The van der Waals surface area contributed by atoms with Crippen LogP contribution in [0.25, 0.3) is 0 Å². The van der Waals surface area contributed by atoms with Crippen LogP contribution in [0, 0.1) is 0 Å². The highest BCUT2D eigenvalue weighted by Gasteiger charge is 2.36. The molecule has 0 aromatic rings. The second-order valence-corrected chi connectivity index (χ2v) is 9.32. The van der Waals surface area contributed by atoms with E-state index in [9.17, 15) is 0 Å². The molecule has 0 atom stereocenters. The molecule has 1 saturated heterocycles. The Hall–Kier alpha value is -0.783. The number of hydrogen-bond donors (Lipinski definition) is 0. The van der Waals surface area contributed by atoms with Crippen LogP contribution in [0.5, 0.6) is 0 Å². The van der Waals surface area contributed by atoms with E-state index in [-0.39, 0.29) is 0 Å². The van der Waals surface area contributed by atoms with Crippen LogP contribution < -0.4 is 0 Å². The zero-order valence-electron chi connectivity index (χ0n) is 14.2. The molecule has 0 aliphatic carbocycles. The maximum Gasteiger partial charge on any atom is 0.338 e. The number of ether oxygens (including phenoxy) is 1. The lowest BCUT2D eigenvalue weighted by atomic mass is 10.2. The standard InChI is InChI=1S/C17H31NO3Si/c1-3-20-22(21-4-2)15-9-5-7-12-18(13-10-16-22)17-11-6-8-14-19-17/h6,8,11H,3-5,7,9-10,12-16H2,1-2H3. The monoisotopic (exact) mass is 325 g/mol. The molecule has 2 rings (SSSR count). The second kappa shape index (κ2) is 9.38. The molecule has 22 heavy (non-hydrogen) atoms. The van der Waals surface area contributed by atoms with E-state index in [1.54, 1.807) is 0 Å². The van der Waals surface area contributed by atoms with Gasteiger partial charge in [0.05, 0.1) is 0 Å². The molecule has 0 amide bonds. The van der Waals surface area contributed by atoms with Crippen molar-refractivity contribution in [3.8, 4) is 0 Å². The van der Waals surface area contributed by atoms with Gasteiger partial charge in [-0.05, 0) is 50.9 Å². The predicted octanol–water partition coefficient (Wildman–Crippen LogP) is 3.81. The molecule has 126 valence electrons. The summed E-state index contributed by atoms with van der Waals surface area (Å²) in [5, 5.41) is 0. The molecule has 5 heteroatoms. The Labute approximate surface area is 136 Å². The van der Waals surface area contributed by atoms with Gasteiger partial charge >= 0.3 is 8.56 Å². The molecule has 0 spiro atoms. The summed E-state index contributed by atoms with van der Waals surface area (Å²) in [5.74, 6) is 1.03. The van der Waals surface area contributed by atoms with E-state index in [0.29, 0.717) is 6.61 Å². The molecular formula is C17H31NO3Si. The van der Waals surface area contributed by atoms with Gasteiger partial charge in [0.15, 0.2) is 5.88 Å². The lowest BCUT2D eigenvalue weighted by molar-refractivity contribution is 0.122. The highest BCUT2D eigenvalue weighted by Crippen LogP contribution is 2.27. The molecule has 0 N–H and O–H groups in total. The summed E-state index contributed by atoms with van der Waals surface area (Å²) in [6.07, 6.45) is 11.0. The topological polar surface area (TPSA) is 30.9 Å². The van der Waals surface area contributed by atoms with Crippen LogP contribution in [-0.2, 0) is 13.6 Å². The Morgan fingerprint density at radius 3 is 2.45 bits per heavy atom. The minimum Gasteiger partial charge on any atom is -0.475 e. The van der Waals surface area contributed by atoms with E-state index < -0.39 is 8.56 Å². The van der Waals surface area contributed by atoms with Crippen LogP contribution in [0.3, 0.4) is 0 Å². The van der Waals surface area contributed by atoms with E-state index >= 15 is 0 Å². The third kappa shape index (κ3) is 5.14. The van der Waals surface area contributed by atoms with Gasteiger partial charge < -0.3 is 18.5 Å². The first-order valence-electron chi connectivity index (χ1n) is 8.82. The van der Waals surface area contributed by atoms with E-state index in [1.807, 2.05) is 6.08 Å². The van der Waals surface area contributed by atoms with Crippen molar-refractivity contribution in [1.82, 2.24) is 4.90 Å². The second-order valence-electron chi connectivity index (χ2n) is 5.92. The van der Waals surface area contributed by atoms with Crippen molar-refractivity contribution >= 4 is 8.56 Å². The van der Waals surface area contributed by atoms with Crippen molar-refractivity contribution in [3.05, 3.63) is 24.1 Å². The zero-order chi connectivity index (χ0) is 15.7. The Morgan fingerprint density at radius 1 is 1.05 bits per heavy atom. The Morgan fingerprint density at radius 2 is 1.77 bits per heavy atom. The van der Waals surface area contributed by atoms with E-state index in [4.69, 9.17) is 13.6 Å². The number of rotatable bonds is 5. The molecule has 2 aliphatic rings. The predicted molar refractivity (Wildman–Crippen MR) is 91.8 cm³/mol. The highest BCUT2D eigenvalue weighted by molar-refractivity contribution is 6.67. The fourth-order valence-electron chi connectivity index (χ4n) is 3.31. The van der Waals surface area contributed by atoms with Gasteiger partial charge in [0.1, 0.15) is 6.61 Å². The number of nitrogens with zero attached hydrogens (tertiary/aromatic N) is 1. The van der Waals surface area contributed by atoms with Crippen LogP contribution in [0.4, 0.5) is 0 Å². The summed E-state index contributed by atoms with van der Waals surface area (Å²) in [6.45, 7) is 8.55. The molecule has 0 aromatic heterocycles. The van der Waals surface area contributed by atoms with Crippen molar-refractivity contribution in [2.75, 3.05) is 32.9 Å². The third-order valence-corrected chi connectivity index (χ3v) is 8.16. The van der Waals surface area contributed by atoms with Crippen LogP contribution in [-0.4, -0.2) is 46.4 Å². The maximum atomic E-state index is 6.16. The van der Waals surface area contributed by atoms with Crippen molar-refractivity contribution in [3.63, 3.8) is 0 Å². The maximum absolute atomic E-state index is 6.16. The molecular weight excluding hydrogens is 294 g/mol. The van der Waals surface area contributed by atoms with Crippen molar-refractivity contribution < 1.29 is 13.6 Å². The Balaban J connectivity index is 1.99. The summed E-state index contributed by atoms with van der Waals surface area (Å²) in [4.78, 5) is 2.39. The average molecular weight is 326 g/mol. The summed E-state index contributed by atoms with van der Waals surface area (Å²) in [7, 11) is -2.00. The van der Waals surface area contributed by atoms with Crippen LogP contribution >= 0.6 is 0 Å². The van der Waals surface area contributed by atoms with Crippen molar-refractivity contribution in [2.45, 2.75) is 51.6 Å². The Kier molecular flexibility index (Phi) is 7.49. The number of allylic oxidation sites excluding steroid dienone is 2. The minimum atomic E-state index is -2.00. The van der Waals surface area contributed by atoms with Crippen LogP contribution in [0.15, 0.2) is 24.1 Å². The van der Waals surface area contributed by atoms with Gasteiger partial charge in [-0.1, -0.05) is 18.9 Å². The molecule has 2 heterocycles. The Bertz CT molecular complexity index is 378. The quantitative estimate of drug-likeness (QED) is 0.719. The fourth-order valence-corrected chi connectivity index (χ4v) is 6.76. The first kappa shape index (κ1) is 17.6. The normalized spacial score (nSPS) is 22.8. The van der Waals surface area contributed by atoms with E-state index in [2.05, 4.69) is 30.9 Å². The van der Waals surface area contributed by atoms with E-state index in [0.717, 1.165) is 50.7 Å². The summed E-state index contributed by atoms with van der Waals surface area (Å²) >= 11 is 0. The van der Waals surface area contributed by atoms with Gasteiger partial charge in [-0.25, -0.2) is 0 Å². The molecule has 1 fully saturated rings. The zero-order valence-corrected chi connectivity index (χ0v) is 15.2. The van der Waals surface area contributed by atoms with Gasteiger partial charge in [0, 0.05) is 26.3 Å². The van der Waals surface area contributed by atoms with Gasteiger partial charge in [-0.15, -0.1) is 0 Å². The van der Waals surface area contributed by atoms with Gasteiger partial charge in [-0.3, -0.25) is 0 Å². The van der Waals surface area contributed by atoms with Crippen LogP contribution in [0.1, 0.15) is 39.5 Å². The molecule has 0 unspecified atom stereocenters. The van der Waals surface area contributed by atoms with Crippen molar-refractivity contribution in [2.24, 2.45) is 0 Å². The largest absolute Gasteiger partial charge is 0.475 e. The summed E-state index contributed by atoms with van der Waals surface area (Å²) in [5.41, 5.74) is 0. The van der Waals surface area contributed by atoms with Gasteiger partial charge in [0.2, 0.25) is 0 Å². The summed E-state index contributed by atoms with van der Waals surface area (Å²) in [6, 6.07) is 2.24. The molecule has 0 radical (unpaired) electrons. The highest BCUT2D eigenvalue weighted by atomic mass is 28.4. The molecule has 0 saturated carbocycles. The number of hydrogen-bond acceptors (Lipinski definition) is 4. The molecule has 2 aliphatic heterocycles. The lowest BCUT2D eigenvalue weighted by Crippen LogP contribution is -2.43. The molecule has 4 nitrogen and oxygen atoms in total. The SMILES string of the molecule is CCO[Si]1(OCC)CCCCCN(C2=CC=CCO2)CCC1. The molecule has 0 bridgehead atoms. The fraction of sp³-hybridized carbons (Fsp3) is 0.765. The first-order chi connectivity index (χ1) is 10.8. The van der Waals surface area contributed by atoms with Gasteiger partial charge in [-0.2, -0.15) is 0 Å². The third-order valence-electron chi connectivity index (χ3n) is 4.30. The first-order valence-corrected chi connectivity index (χ1v) is 11.1. The van der Waals surface area contributed by atoms with Crippen molar-refractivity contribution in [1.29, 1.82) is 0 Å². The minimum absolute atomic E-state index is 0.693. The van der Waals surface area contributed by atoms with Gasteiger partial charge in [0.25, 0.3) is 0 Å². The average Bonchev–Trinajstić information content (AvgIpc) is 2.54. The lowest BCUT2D eigenvalue weighted by Gasteiger charge is -2.34. The van der Waals surface area contributed by atoms with Crippen LogP contribution in [0.2, 0.25) is 12.1 Å². The molecule has 0 aromatic carbocycles. The van der Waals surface area contributed by atoms with E-state index in [1.165, 1.54) is 19.3 Å². The smallest absolute Gasteiger partial charge is 0.338 e. The summed E-state index contributed by atoms with van der Waals surface area (Å²) < 4.78 is 18.1.